The smallest absolute Gasteiger partial charge is 0.408 e. The Balaban J connectivity index is 1.61. The number of morpholine rings is 1. The van der Waals surface area contributed by atoms with Gasteiger partial charge in [-0.1, -0.05) is 30.3 Å². The van der Waals surface area contributed by atoms with Gasteiger partial charge in [0.2, 0.25) is 11.8 Å². The van der Waals surface area contributed by atoms with Gasteiger partial charge in [0.05, 0.1) is 32.2 Å². The fourth-order valence-electron chi connectivity index (χ4n) is 4.16. The largest absolute Gasteiger partial charge is 0.466 e. The number of alkyl carbamates (subject to hydrolysis) is 1. The standard InChI is InChI=1S/C26H38N6O7/c1-2-37-24(34)10-11-32(20-8-9-20)25(35)22(30-26(36)39-17-19-6-4-3-5-7-19)14-23(33)28-15-21-16-31(18-29-27)12-13-38-21/h3-7,18,20-22H,2,8-17,27H2,1H3,(H,28,33)(H,30,36)/t21-,22?/m0/s1. The van der Waals surface area contributed by atoms with Gasteiger partial charge in [0.1, 0.15) is 19.0 Å². The maximum atomic E-state index is 13.5. The third-order valence-electron chi connectivity index (χ3n) is 6.25. The van der Waals surface area contributed by atoms with Gasteiger partial charge in [0.15, 0.2) is 0 Å². The monoisotopic (exact) mass is 546 g/mol. The minimum absolute atomic E-state index is 0.0105. The van der Waals surface area contributed by atoms with Gasteiger partial charge in [-0.25, -0.2) is 4.79 Å². The summed E-state index contributed by atoms with van der Waals surface area (Å²) in [5.74, 6) is 3.91. The fraction of sp³-hybridized carbons (Fsp3) is 0.577. The van der Waals surface area contributed by atoms with Crippen LogP contribution in [0.25, 0.3) is 0 Å². The molecule has 0 spiro atoms. The molecule has 2 aliphatic rings. The van der Waals surface area contributed by atoms with Crippen molar-refractivity contribution in [3.8, 4) is 0 Å². The normalized spacial score (nSPS) is 17.8. The molecule has 1 unspecified atom stereocenters. The zero-order chi connectivity index (χ0) is 28.0. The average Bonchev–Trinajstić information content (AvgIpc) is 3.77. The Kier molecular flexibility index (Phi) is 11.8. The first-order chi connectivity index (χ1) is 18.9. The molecule has 1 aromatic rings. The van der Waals surface area contributed by atoms with E-state index in [2.05, 4.69) is 15.7 Å². The summed E-state index contributed by atoms with van der Waals surface area (Å²) < 4.78 is 16.0. The van der Waals surface area contributed by atoms with Gasteiger partial charge >= 0.3 is 12.1 Å². The number of nitrogens with zero attached hydrogens (tertiary/aromatic N) is 3. The molecule has 214 valence electrons. The van der Waals surface area contributed by atoms with Crippen molar-refractivity contribution < 1.29 is 33.4 Å². The Morgan fingerprint density at radius 3 is 2.69 bits per heavy atom. The molecule has 0 radical (unpaired) electrons. The summed E-state index contributed by atoms with van der Waals surface area (Å²) in [5.41, 5.74) is 0.781. The minimum atomic E-state index is -1.18. The van der Waals surface area contributed by atoms with E-state index in [1.54, 1.807) is 24.0 Å². The first-order valence-electron chi connectivity index (χ1n) is 13.2. The number of rotatable bonds is 14. The van der Waals surface area contributed by atoms with Crippen LogP contribution < -0.4 is 16.5 Å². The Morgan fingerprint density at radius 2 is 2.00 bits per heavy atom. The van der Waals surface area contributed by atoms with E-state index in [1.165, 1.54) is 6.34 Å². The number of carbonyl (C=O) groups excluding carboxylic acids is 4. The molecule has 2 atom stereocenters. The van der Waals surface area contributed by atoms with Crippen LogP contribution in [-0.2, 0) is 35.2 Å². The van der Waals surface area contributed by atoms with E-state index in [9.17, 15) is 19.2 Å². The summed E-state index contributed by atoms with van der Waals surface area (Å²) >= 11 is 0. The molecular formula is C26H38N6O7. The molecule has 2 fully saturated rings. The van der Waals surface area contributed by atoms with Crippen molar-refractivity contribution >= 4 is 30.2 Å². The summed E-state index contributed by atoms with van der Waals surface area (Å²) in [5, 5.41) is 8.85. The third-order valence-corrected chi connectivity index (χ3v) is 6.25. The van der Waals surface area contributed by atoms with Crippen LogP contribution >= 0.6 is 0 Å². The van der Waals surface area contributed by atoms with Crippen molar-refractivity contribution in [2.75, 3.05) is 39.4 Å². The number of carbonyl (C=O) groups is 4. The van der Waals surface area contributed by atoms with Gasteiger partial charge in [-0.05, 0) is 25.3 Å². The molecule has 1 saturated carbocycles. The van der Waals surface area contributed by atoms with E-state index in [0.717, 1.165) is 18.4 Å². The van der Waals surface area contributed by atoms with Crippen LogP contribution in [0.5, 0.6) is 0 Å². The highest BCUT2D eigenvalue weighted by atomic mass is 16.5. The highest BCUT2D eigenvalue weighted by Gasteiger charge is 2.37. The molecule has 1 aliphatic carbocycles. The highest BCUT2D eigenvalue weighted by Crippen LogP contribution is 2.28. The lowest BCUT2D eigenvalue weighted by Crippen LogP contribution is -2.52. The maximum Gasteiger partial charge on any atom is 0.408 e. The minimum Gasteiger partial charge on any atom is -0.466 e. The lowest BCUT2D eigenvalue weighted by Gasteiger charge is -2.31. The lowest BCUT2D eigenvalue weighted by atomic mass is 10.1. The van der Waals surface area contributed by atoms with Crippen LogP contribution in [0.1, 0.15) is 38.2 Å². The first kappa shape index (κ1) is 29.7. The lowest BCUT2D eigenvalue weighted by molar-refractivity contribution is -0.144. The number of nitrogens with one attached hydrogen (secondary N) is 2. The Bertz CT molecular complexity index is 988. The van der Waals surface area contributed by atoms with Crippen LogP contribution in [0.3, 0.4) is 0 Å². The number of esters is 1. The summed E-state index contributed by atoms with van der Waals surface area (Å²) in [6.07, 6.45) is 1.70. The fourth-order valence-corrected chi connectivity index (χ4v) is 4.16. The van der Waals surface area contributed by atoms with Crippen molar-refractivity contribution in [3.05, 3.63) is 35.9 Å². The van der Waals surface area contributed by atoms with Crippen LogP contribution in [0, 0.1) is 0 Å². The van der Waals surface area contributed by atoms with E-state index < -0.39 is 29.9 Å². The predicted molar refractivity (Wildman–Crippen MR) is 141 cm³/mol. The van der Waals surface area contributed by atoms with Crippen LogP contribution in [0.2, 0.25) is 0 Å². The second-order valence-electron chi connectivity index (χ2n) is 9.34. The molecule has 13 heteroatoms. The number of ether oxygens (including phenoxy) is 3. The van der Waals surface area contributed by atoms with E-state index in [4.69, 9.17) is 20.1 Å². The first-order valence-corrected chi connectivity index (χ1v) is 13.2. The van der Waals surface area contributed by atoms with Gasteiger partial charge in [-0.15, -0.1) is 0 Å². The Labute approximate surface area is 228 Å². The Morgan fingerprint density at radius 1 is 1.23 bits per heavy atom. The van der Waals surface area contributed by atoms with Gasteiger partial charge in [0, 0.05) is 32.2 Å². The molecule has 0 bridgehead atoms. The zero-order valence-corrected chi connectivity index (χ0v) is 22.3. The Hall–Kier alpha value is -3.87. The quantitative estimate of drug-likeness (QED) is 0.0980. The van der Waals surface area contributed by atoms with Crippen LogP contribution in [0.15, 0.2) is 35.4 Å². The predicted octanol–water partition coefficient (Wildman–Crippen LogP) is 0.335. The average molecular weight is 547 g/mol. The SMILES string of the molecule is CCOC(=O)CCN(C(=O)C(CC(=O)NC[C@H]1CN(C=NN)CCO1)NC(=O)OCc1ccccc1)C1CC1. The number of hydrazone groups is 1. The topological polar surface area (TPSA) is 165 Å². The molecule has 1 aromatic carbocycles. The summed E-state index contributed by atoms with van der Waals surface area (Å²) in [7, 11) is 0. The van der Waals surface area contributed by atoms with Crippen molar-refractivity contribution in [1.29, 1.82) is 0 Å². The molecular weight excluding hydrogens is 508 g/mol. The van der Waals surface area contributed by atoms with Crippen molar-refractivity contribution in [2.24, 2.45) is 10.9 Å². The number of nitrogens with two attached hydrogens (primary N) is 1. The summed E-state index contributed by atoms with van der Waals surface area (Å²) in [6.45, 7) is 3.91. The molecule has 39 heavy (non-hydrogen) atoms. The van der Waals surface area contributed by atoms with E-state index in [1.807, 2.05) is 23.1 Å². The van der Waals surface area contributed by atoms with E-state index in [-0.39, 0.29) is 51.3 Å². The number of hydrogen-bond acceptors (Lipinski definition) is 9. The number of amides is 3. The van der Waals surface area contributed by atoms with Gasteiger partial charge in [0.25, 0.3) is 0 Å². The molecule has 13 nitrogen and oxygen atoms in total. The van der Waals surface area contributed by atoms with Crippen molar-refractivity contribution in [2.45, 2.75) is 57.4 Å². The van der Waals surface area contributed by atoms with Gasteiger partial charge in [-0.2, -0.15) is 5.10 Å². The van der Waals surface area contributed by atoms with Crippen molar-refractivity contribution in [1.82, 2.24) is 20.4 Å². The third kappa shape index (κ3) is 10.4. The van der Waals surface area contributed by atoms with Crippen LogP contribution in [-0.4, -0.2) is 97.6 Å². The zero-order valence-electron chi connectivity index (χ0n) is 22.3. The summed E-state index contributed by atoms with van der Waals surface area (Å²) in [4.78, 5) is 54.3. The second-order valence-corrected chi connectivity index (χ2v) is 9.34. The van der Waals surface area contributed by atoms with Gasteiger partial charge < -0.3 is 40.5 Å². The van der Waals surface area contributed by atoms with Crippen LogP contribution in [0.4, 0.5) is 4.79 Å². The molecule has 0 aromatic heterocycles. The molecule has 3 amide bonds. The molecule has 3 rings (SSSR count). The highest BCUT2D eigenvalue weighted by molar-refractivity contribution is 5.91. The van der Waals surface area contributed by atoms with E-state index >= 15 is 0 Å². The summed E-state index contributed by atoms with van der Waals surface area (Å²) in [6, 6.07) is 7.88. The van der Waals surface area contributed by atoms with E-state index in [0.29, 0.717) is 19.7 Å². The number of hydrogen-bond donors (Lipinski definition) is 3. The molecule has 1 aliphatic heterocycles. The molecule has 4 N–H and O–H groups in total. The maximum absolute atomic E-state index is 13.5. The molecule has 1 saturated heterocycles. The second kappa shape index (κ2) is 15.5. The van der Waals surface area contributed by atoms with Gasteiger partial charge in [-0.3, -0.25) is 14.4 Å². The molecule has 1 heterocycles. The van der Waals surface area contributed by atoms with Crippen molar-refractivity contribution in [3.63, 3.8) is 0 Å². The number of benzene rings is 1.